The summed E-state index contributed by atoms with van der Waals surface area (Å²) < 4.78 is 16.5. The van der Waals surface area contributed by atoms with Crippen LogP contribution >= 0.6 is 0 Å². The molecule has 0 aliphatic carbocycles. The number of carbonyl (C=O) groups is 1. The lowest BCUT2D eigenvalue weighted by Crippen LogP contribution is -2.22. The minimum absolute atomic E-state index is 0.0261. The summed E-state index contributed by atoms with van der Waals surface area (Å²) in [7, 11) is 1.48. The lowest BCUT2D eigenvalue weighted by atomic mass is 9.82. The number of aryl methyl sites for hydroxylation is 1. The van der Waals surface area contributed by atoms with Gasteiger partial charge in [0.05, 0.1) is 18.9 Å². The molecule has 1 aromatic heterocycles. The van der Waals surface area contributed by atoms with Gasteiger partial charge in [0.1, 0.15) is 11.3 Å². The van der Waals surface area contributed by atoms with Gasteiger partial charge in [-0.3, -0.25) is 4.79 Å². The van der Waals surface area contributed by atoms with E-state index in [9.17, 15) is 14.7 Å². The van der Waals surface area contributed by atoms with Crippen molar-refractivity contribution >= 4 is 16.9 Å². The second-order valence-electron chi connectivity index (χ2n) is 7.82. The molecule has 160 valence electrons. The second kappa shape index (κ2) is 7.57. The number of ether oxygens (including phenoxy) is 2. The summed E-state index contributed by atoms with van der Waals surface area (Å²) in [5, 5.41) is 10.6. The monoisotopic (exact) mass is 428 g/mol. The first-order valence-corrected chi connectivity index (χ1v) is 10.2. The maximum Gasteiger partial charge on any atom is 0.336 e. The van der Waals surface area contributed by atoms with Gasteiger partial charge in [0.25, 0.3) is 0 Å². The van der Waals surface area contributed by atoms with Gasteiger partial charge in [0, 0.05) is 23.1 Å². The van der Waals surface area contributed by atoms with Crippen LogP contribution in [-0.2, 0) is 4.79 Å². The summed E-state index contributed by atoms with van der Waals surface area (Å²) in [4.78, 5) is 25.0. The van der Waals surface area contributed by atoms with Crippen molar-refractivity contribution in [2.45, 2.75) is 19.3 Å². The van der Waals surface area contributed by atoms with Crippen LogP contribution in [-0.4, -0.2) is 18.2 Å². The molecule has 5 rings (SSSR count). The van der Waals surface area contributed by atoms with Gasteiger partial charge in [0.2, 0.25) is 0 Å². The number of fused-ring (bicyclic) bond motifs is 3. The molecule has 0 radical (unpaired) electrons. The zero-order valence-electron chi connectivity index (χ0n) is 17.5. The fraction of sp³-hybridized carbons (Fsp3) is 0.154. The van der Waals surface area contributed by atoms with Crippen molar-refractivity contribution in [2.24, 2.45) is 0 Å². The summed E-state index contributed by atoms with van der Waals surface area (Å²) in [6.07, 6.45) is 0.144. The Labute approximate surface area is 183 Å². The van der Waals surface area contributed by atoms with E-state index in [4.69, 9.17) is 13.9 Å². The third kappa shape index (κ3) is 3.21. The second-order valence-corrected chi connectivity index (χ2v) is 7.82. The molecular weight excluding hydrogens is 408 g/mol. The molecule has 1 atom stereocenters. The van der Waals surface area contributed by atoms with Crippen LogP contribution in [0.5, 0.6) is 17.2 Å². The lowest BCUT2D eigenvalue weighted by molar-refractivity contribution is -0.135. The van der Waals surface area contributed by atoms with Crippen molar-refractivity contribution in [2.75, 3.05) is 7.11 Å². The Morgan fingerprint density at radius 1 is 1.03 bits per heavy atom. The maximum atomic E-state index is 12.7. The standard InChI is InChI=1S/C26H20O6/c1-14-10-21-25(17(12-22(28)31-21)15-6-4-3-5-7-15)26-24(14)18(13-23(29)32-26)16-8-9-19(27)20(11-16)30-2/h3-12,18,27H,13H2,1-2H3/t18-/m1/s1. The highest BCUT2D eigenvalue weighted by Gasteiger charge is 2.33. The molecule has 0 saturated carbocycles. The largest absolute Gasteiger partial charge is 0.504 e. The van der Waals surface area contributed by atoms with Crippen LogP contribution in [0.2, 0.25) is 0 Å². The van der Waals surface area contributed by atoms with Gasteiger partial charge in [-0.2, -0.15) is 0 Å². The van der Waals surface area contributed by atoms with Crippen molar-refractivity contribution in [3.63, 3.8) is 0 Å². The van der Waals surface area contributed by atoms with Crippen molar-refractivity contribution in [3.8, 4) is 28.4 Å². The first-order chi connectivity index (χ1) is 15.5. The molecule has 32 heavy (non-hydrogen) atoms. The highest BCUT2D eigenvalue weighted by atomic mass is 16.5. The van der Waals surface area contributed by atoms with Gasteiger partial charge in [-0.05, 0) is 41.8 Å². The fourth-order valence-corrected chi connectivity index (χ4v) is 4.44. The van der Waals surface area contributed by atoms with E-state index in [2.05, 4.69) is 0 Å². The molecule has 6 nitrogen and oxygen atoms in total. The van der Waals surface area contributed by atoms with E-state index in [1.165, 1.54) is 13.2 Å². The van der Waals surface area contributed by atoms with Crippen LogP contribution in [0.15, 0.2) is 69.9 Å². The minimum Gasteiger partial charge on any atom is -0.504 e. The van der Waals surface area contributed by atoms with Crippen LogP contribution in [0, 0.1) is 6.92 Å². The number of rotatable bonds is 3. The van der Waals surface area contributed by atoms with Crippen molar-refractivity contribution in [1.29, 1.82) is 0 Å². The summed E-state index contributed by atoms with van der Waals surface area (Å²) in [5.74, 6) is 0.0684. The van der Waals surface area contributed by atoms with Crippen LogP contribution in [0.3, 0.4) is 0 Å². The van der Waals surface area contributed by atoms with Crippen LogP contribution in [0.4, 0.5) is 0 Å². The Hall–Kier alpha value is -4.06. The highest BCUT2D eigenvalue weighted by molar-refractivity contribution is 6.01. The summed E-state index contributed by atoms with van der Waals surface area (Å²) in [6, 6.07) is 17.7. The van der Waals surface area contributed by atoms with Gasteiger partial charge >= 0.3 is 11.6 Å². The first kappa shape index (κ1) is 19.9. The molecule has 2 heterocycles. The molecule has 0 saturated heterocycles. The number of carbonyl (C=O) groups excluding carboxylic acids is 1. The Balaban J connectivity index is 1.83. The number of hydrogen-bond donors (Lipinski definition) is 1. The molecule has 0 fully saturated rings. The number of aromatic hydroxyl groups is 1. The van der Waals surface area contributed by atoms with Gasteiger partial charge < -0.3 is 19.0 Å². The Bertz CT molecular complexity index is 1420. The maximum absolute atomic E-state index is 12.7. The molecule has 0 amide bonds. The van der Waals surface area contributed by atoms with E-state index >= 15 is 0 Å². The van der Waals surface area contributed by atoms with E-state index in [-0.39, 0.29) is 24.1 Å². The van der Waals surface area contributed by atoms with E-state index in [1.54, 1.807) is 18.2 Å². The predicted octanol–water partition coefficient (Wildman–Crippen LogP) is 4.92. The molecule has 1 aliphatic heterocycles. The van der Waals surface area contributed by atoms with Crippen LogP contribution in [0.25, 0.3) is 22.1 Å². The van der Waals surface area contributed by atoms with E-state index in [0.717, 1.165) is 22.3 Å². The topological polar surface area (TPSA) is 86.0 Å². The highest BCUT2D eigenvalue weighted by Crippen LogP contribution is 2.48. The normalized spacial score (nSPS) is 15.3. The number of esters is 1. The Morgan fingerprint density at radius 2 is 1.81 bits per heavy atom. The summed E-state index contributed by atoms with van der Waals surface area (Å²) in [6.45, 7) is 1.90. The predicted molar refractivity (Wildman–Crippen MR) is 119 cm³/mol. The quantitative estimate of drug-likeness (QED) is 0.283. The lowest BCUT2D eigenvalue weighted by Gasteiger charge is -2.28. The van der Waals surface area contributed by atoms with Gasteiger partial charge in [-0.15, -0.1) is 0 Å². The number of phenols is 1. The average molecular weight is 428 g/mol. The van der Waals surface area contributed by atoms with Crippen molar-refractivity contribution < 1.29 is 23.8 Å². The third-order valence-corrected chi connectivity index (χ3v) is 5.86. The first-order valence-electron chi connectivity index (χ1n) is 10.2. The molecule has 0 spiro atoms. The molecule has 3 aromatic carbocycles. The van der Waals surface area contributed by atoms with Crippen LogP contribution < -0.4 is 15.1 Å². The smallest absolute Gasteiger partial charge is 0.336 e. The van der Waals surface area contributed by atoms with Gasteiger partial charge in [-0.1, -0.05) is 36.4 Å². The zero-order valence-corrected chi connectivity index (χ0v) is 17.5. The Kier molecular flexibility index (Phi) is 4.70. The Morgan fingerprint density at radius 3 is 2.56 bits per heavy atom. The van der Waals surface area contributed by atoms with E-state index in [1.807, 2.05) is 43.3 Å². The average Bonchev–Trinajstić information content (AvgIpc) is 2.78. The molecule has 1 aliphatic rings. The molecule has 0 unspecified atom stereocenters. The number of benzene rings is 3. The summed E-state index contributed by atoms with van der Waals surface area (Å²) >= 11 is 0. The molecular formula is C26H20O6. The van der Waals surface area contributed by atoms with Crippen molar-refractivity contribution in [3.05, 3.63) is 87.8 Å². The number of hydrogen-bond acceptors (Lipinski definition) is 6. The summed E-state index contributed by atoms with van der Waals surface area (Å²) in [5.41, 5.74) is 3.85. The number of phenolic OH excluding ortho intramolecular Hbond substituents is 1. The van der Waals surface area contributed by atoms with Crippen molar-refractivity contribution in [1.82, 2.24) is 0 Å². The molecule has 4 aromatic rings. The minimum atomic E-state index is -0.474. The third-order valence-electron chi connectivity index (χ3n) is 5.86. The molecule has 0 bridgehead atoms. The van der Waals surface area contributed by atoms with E-state index in [0.29, 0.717) is 28.0 Å². The van der Waals surface area contributed by atoms with E-state index < -0.39 is 5.63 Å². The fourth-order valence-electron chi connectivity index (χ4n) is 4.44. The number of methoxy groups -OCH3 is 1. The molecule has 1 N–H and O–H groups in total. The van der Waals surface area contributed by atoms with Crippen LogP contribution in [0.1, 0.15) is 29.0 Å². The molecule has 6 heteroatoms. The SMILES string of the molecule is COc1cc([C@H]2CC(=O)Oc3c2c(C)cc2oc(=O)cc(-c4ccccc4)c32)ccc1O. The van der Waals surface area contributed by atoms with Gasteiger partial charge in [-0.25, -0.2) is 4.79 Å². The van der Waals surface area contributed by atoms with Gasteiger partial charge in [0.15, 0.2) is 11.5 Å². The zero-order chi connectivity index (χ0) is 22.4.